The molecule has 2 rings (SSSR count). The topological polar surface area (TPSA) is 19.9 Å². The van der Waals surface area contributed by atoms with Crippen LogP contribution in [-0.4, -0.2) is 0 Å². The largest absolute Gasteiger partial charge is 0.223 e. The van der Waals surface area contributed by atoms with E-state index in [1.54, 1.807) is 24.3 Å². The van der Waals surface area contributed by atoms with Gasteiger partial charge >= 0.3 is 0 Å². The molecular formula is C13H10ClO. The summed E-state index contributed by atoms with van der Waals surface area (Å²) in [6.07, 6.45) is -0.830. The van der Waals surface area contributed by atoms with Gasteiger partial charge in [0.05, 0.1) is 0 Å². The first kappa shape index (κ1) is 10.2. The van der Waals surface area contributed by atoms with Crippen LogP contribution in [0.4, 0.5) is 0 Å². The number of rotatable bonds is 2. The second-order valence-corrected chi connectivity index (χ2v) is 3.78. The van der Waals surface area contributed by atoms with E-state index in [1.807, 2.05) is 30.3 Å². The second-order valence-electron chi connectivity index (χ2n) is 3.34. The van der Waals surface area contributed by atoms with Gasteiger partial charge in [-0.25, -0.2) is 5.11 Å². The lowest BCUT2D eigenvalue weighted by Gasteiger charge is -2.08. The van der Waals surface area contributed by atoms with Crippen molar-refractivity contribution in [2.24, 2.45) is 0 Å². The van der Waals surface area contributed by atoms with Crippen LogP contribution in [0, 0.1) is 0 Å². The SMILES string of the molecule is [O]C(c1ccccc1)c1ccc(Cl)cc1. The van der Waals surface area contributed by atoms with E-state index in [0.29, 0.717) is 5.02 Å². The first-order chi connectivity index (χ1) is 7.27. The normalized spacial score (nSPS) is 12.4. The molecule has 0 saturated carbocycles. The molecule has 1 nitrogen and oxygen atoms in total. The Morgan fingerprint density at radius 1 is 0.800 bits per heavy atom. The van der Waals surface area contributed by atoms with Crippen molar-refractivity contribution in [3.05, 3.63) is 70.7 Å². The summed E-state index contributed by atoms with van der Waals surface area (Å²) in [6.45, 7) is 0. The molecule has 0 aliphatic rings. The molecule has 15 heavy (non-hydrogen) atoms. The van der Waals surface area contributed by atoms with Gasteiger partial charge in [0.25, 0.3) is 0 Å². The zero-order valence-electron chi connectivity index (χ0n) is 8.06. The molecule has 0 aliphatic carbocycles. The van der Waals surface area contributed by atoms with Crippen LogP contribution in [0.3, 0.4) is 0 Å². The number of hydrogen-bond donors (Lipinski definition) is 0. The summed E-state index contributed by atoms with van der Waals surface area (Å²) >= 11 is 5.76. The van der Waals surface area contributed by atoms with Gasteiger partial charge in [-0.15, -0.1) is 0 Å². The van der Waals surface area contributed by atoms with Gasteiger partial charge in [0.15, 0.2) is 0 Å². The molecule has 0 fully saturated rings. The average molecular weight is 218 g/mol. The summed E-state index contributed by atoms with van der Waals surface area (Å²) in [5.41, 5.74) is 1.52. The molecule has 75 valence electrons. The smallest absolute Gasteiger partial charge is 0.143 e. The molecule has 2 aromatic carbocycles. The van der Waals surface area contributed by atoms with Gasteiger partial charge in [-0.2, -0.15) is 0 Å². The van der Waals surface area contributed by atoms with Gasteiger partial charge < -0.3 is 0 Å². The molecule has 0 bridgehead atoms. The van der Waals surface area contributed by atoms with E-state index in [-0.39, 0.29) is 0 Å². The minimum atomic E-state index is -0.830. The average Bonchev–Trinajstić information content (AvgIpc) is 2.30. The Morgan fingerprint density at radius 3 is 1.93 bits per heavy atom. The van der Waals surface area contributed by atoms with Crippen LogP contribution in [0.2, 0.25) is 5.02 Å². The summed E-state index contributed by atoms with van der Waals surface area (Å²) < 4.78 is 0. The Labute approximate surface area is 94.0 Å². The highest BCUT2D eigenvalue weighted by Gasteiger charge is 2.10. The Kier molecular flexibility index (Phi) is 3.05. The van der Waals surface area contributed by atoms with E-state index >= 15 is 0 Å². The van der Waals surface area contributed by atoms with Crippen molar-refractivity contribution in [1.29, 1.82) is 0 Å². The maximum absolute atomic E-state index is 12.0. The van der Waals surface area contributed by atoms with Crippen molar-refractivity contribution < 1.29 is 5.11 Å². The number of halogens is 1. The second kappa shape index (κ2) is 4.47. The first-order valence-corrected chi connectivity index (χ1v) is 5.11. The summed E-state index contributed by atoms with van der Waals surface area (Å²) in [4.78, 5) is 0. The Hall–Kier alpha value is -1.31. The molecular weight excluding hydrogens is 208 g/mol. The Morgan fingerprint density at radius 2 is 1.33 bits per heavy atom. The fourth-order valence-electron chi connectivity index (χ4n) is 1.46. The third-order valence-corrected chi connectivity index (χ3v) is 2.53. The molecule has 2 heteroatoms. The van der Waals surface area contributed by atoms with E-state index in [9.17, 15) is 5.11 Å². The van der Waals surface area contributed by atoms with Gasteiger partial charge in [-0.05, 0) is 23.3 Å². The van der Waals surface area contributed by atoms with Crippen molar-refractivity contribution >= 4 is 11.6 Å². The molecule has 0 aromatic heterocycles. The monoisotopic (exact) mass is 217 g/mol. The lowest BCUT2D eigenvalue weighted by atomic mass is 10.0. The van der Waals surface area contributed by atoms with Gasteiger partial charge in [0.1, 0.15) is 6.10 Å². The molecule has 0 aliphatic heterocycles. The fraction of sp³-hybridized carbons (Fsp3) is 0.0769. The Balaban J connectivity index is 2.29. The molecule has 0 amide bonds. The predicted molar refractivity (Wildman–Crippen MR) is 60.4 cm³/mol. The van der Waals surface area contributed by atoms with Crippen LogP contribution in [0.25, 0.3) is 0 Å². The zero-order chi connectivity index (χ0) is 10.7. The maximum Gasteiger partial charge on any atom is 0.143 e. The number of benzene rings is 2. The molecule has 0 saturated heterocycles. The lowest BCUT2D eigenvalue weighted by molar-refractivity contribution is 0.124. The molecule has 0 heterocycles. The summed E-state index contributed by atoms with van der Waals surface area (Å²) in [5.74, 6) is 0. The Bertz CT molecular complexity index is 422. The van der Waals surface area contributed by atoms with Crippen molar-refractivity contribution in [2.45, 2.75) is 6.10 Å². The predicted octanol–water partition coefficient (Wildman–Crippen LogP) is 3.86. The van der Waals surface area contributed by atoms with E-state index in [2.05, 4.69) is 0 Å². The molecule has 1 atom stereocenters. The zero-order valence-corrected chi connectivity index (χ0v) is 8.82. The van der Waals surface area contributed by atoms with Crippen molar-refractivity contribution in [3.8, 4) is 0 Å². The van der Waals surface area contributed by atoms with Gasteiger partial charge in [-0.3, -0.25) is 0 Å². The van der Waals surface area contributed by atoms with Crippen LogP contribution < -0.4 is 0 Å². The standard InChI is InChI=1S/C13H10ClO/c14-12-8-6-11(7-9-12)13(15)10-4-2-1-3-5-10/h1-9,13H. The highest BCUT2D eigenvalue weighted by molar-refractivity contribution is 6.30. The molecule has 1 unspecified atom stereocenters. The third kappa shape index (κ3) is 2.38. The quantitative estimate of drug-likeness (QED) is 0.728. The fourth-order valence-corrected chi connectivity index (χ4v) is 1.58. The van der Waals surface area contributed by atoms with Crippen LogP contribution in [0.5, 0.6) is 0 Å². The van der Waals surface area contributed by atoms with Crippen LogP contribution in [-0.2, 0) is 5.11 Å². The van der Waals surface area contributed by atoms with Crippen molar-refractivity contribution in [3.63, 3.8) is 0 Å². The van der Waals surface area contributed by atoms with Gasteiger partial charge in [-0.1, -0.05) is 54.1 Å². The minimum Gasteiger partial charge on any atom is -0.223 e. The van der Waals surface area contributed by atoms with Crippen LogP contribution in [0.15, 0.2) is 54.6 Å². The highest BCUT2D eigenvalue weighted by atomic mass is 35.5. The first-order valence-electron chi connectivity index (χ1n) is 4.73. The van der Waals surface area contributed by atoms with E-state index in [1.165, 1.54) is 0 Å². The summed E-state index contributed by atoms with van der Waals surface area (Å²) in [7, 11) is 0. The molecule has 0 spiro atoms. The van der Waals surface area contributed by atoms with E-state index in [4.69, 9.17) is 11.6 Å². The lowest BCUT2D eigenvalue weighted by Crippen LogP contribution is -1.96. The molecule has 1 radical (unpaired) electrons. The van der Waals surface area contributed by atoms with Gasteiger partial charge in [0.2, 0.25) is 0 Å². The molecule has 0 N–H and O–H groups in total. The number of hydrogen-bond acceptors (Lipinski definition) is 0. The van der Waals surface area contributed by atoms with Crippen LogP contribution >= 0.6 is 11.6 Å². The van der Waals surface area contributed by atoms with E-state index in [0.717, 1.165) is 11.1 Å². The van der Waals surface area contributed by atoms with Crippen LogP contribution in [0.1, 0.15) is 17.2 Å². The van der Waals surface area contributed by atoms with Crippen molar-refractivity contribution in [2.75, 3.05) is 0 Å². The maximum atomic E-state index is 12.0. The van der Waals surface area contributed by atoms with Gasteiger partial charge in [0, 0.05) is 5.02 Å². The summed E-state index contributed by atoms with van der Waals surface area (Å²) in [5, 5.41) is 12.6. The molecule has 2 aromatic rings. The summed E-state index contributed by atoms with van der Waals surface area (Å²) in [6, 6.07) is 16.3. The van der Waals surface area contributed by atoms with Crippen molar-refractivity contribution in [1.82, 2.24) is 0 Å². The third-order valence-electron chi connectivity index (χ3n) is 2.28. The minimum absolute atomic E-state index is 0.652. The van der Waals surface area contributed by atoms with E-state index < -0.39 is 6.10 Å². The highest BCUT2D eigenvalue weighted by Crippen LogP contribution is 2.23.